The highest BCUT2D eigenvalue weighted by molar-refractivity contribution is 6.10. The first-order valence-electron chi connectivity index (χ1n) is 9.96. The molecule has 2 amide bonds. The number of aryl methyl sites for hydroxylation is 3. The van der Waals surface area contributed by atoms with Crippen molar-refractivity contribution in [3.05, 3.63) is 110 Å². The van der Waals surface area contributed by atoms with E-state index in [1.165, 1.54) is 24.3 Å². The highest BCUT2D eigenvalue weighted by Crippen LogP contribution is 2.18. The lowest BCUT2D eigenvalue weighted by Crippen LogP contribution is -2.30. The van der Waals surface area contributed by atoms with Gasteiger partial charge in [-0.3, -0.25) is 19.7 Å². The summed E-state index contributed by atoms with van der Waals surface area (Å²) in [5, 5.41) is 16.5. The first-order valence-corrected chi connectivity index (χ1v) is 9.96. The highest BCUT2D eigenvalue weighted by atomic mass is 16.6. The number of rotatable bonds is 6. The maximum atomic E-state index is 13.0. The number of nitro groups is 1. The van der Waals surface area contributed by atoms with Crippen molar-refractivity contribution < 1.29 is 14.5 Å². The van der Waals surface area contributed by atoms with Gasteiger partial charge in [0.1, 0.15) is 5.70 Å². The fraction of sp³-hybridized carbons (Fsp3) is 0.120. The molecule has 0 saturated heterocycles. The first-order chi connectivity index (χ1) is 15.2. The average Bonchev–Trinajstić information content (AvgIpc) is 2.76. The Morgan fingerprint density at radius 2 is 1.62 bits per heavy atom. The van der Waals surface area contributed by atoms with Crippen LogP contribution in [0.2, 0.25) is 0 Å². The lowest BCUT2D eigenvalue weighted by molar-refractivity contribution is -0.384. The Labute approximate surface area is 185 Å². The largest absolute Gasteiger partial charge is 0.321 e. The van der Waals surface area contributed by atoms with Crippen LogP contribution in [-0.2, 0) is 4.79 Å². The van der Waals surface area contributed by atoms with Gasteiger partial charge in [-0.15, -0.1) is 0 Å². The molecule has 7 nitrogen and oxygen atoms in total. The molecule has 3 aromatic rings. The number of nitro benzene ring substituents is 1. The van der Waals surface area contributed by atoms with E-state index < -0.39 is 16.7 Å². The fourth-order valence-electron chi connectivity index (χ4n) is 2.97. The molecule has 0 spiro atoms. The SMILES string of the molecule is Cc1ccc(C(=O)NC(=Cc2cccc([N+](=O)[O-])c2)C(=O)Nc2ccc(C)c(C)c2)cc1. The third-order valence-electron chi connectivity index (χ3n) is 4.96. The summed E-state index contributed by atoms with van der Waals surface area (Å²) < 4.78 is 0. The number of nitrogens with zero attached hydrogens (tertiary/aromatic N) is 1. The van der Waals surface area contributed by atoms with Crippen molar-refractivity contribution in [1.29, 1.82) is 0 Å². The van der Waals surface area contributed by atoms with Gasteiger partial charge in [-0.1, -0.05) is 35.9 Å². The predicted octanol–water partition coefficient (Wildman–Crippen LogP) is 4.93. The predicted molar refractivity (Wildman–Crippen MR) is 124 cm³/mol. The van der Waals surface area contributed by atoms with Gasteiger partial charge < -0.3 is 10.6 Å². The molecule has 2 N–H and O–H groups in total. The van der Waals surface area contributed by atoms with E-state index in [0.29, 0.717) is 16.8 Å². The standard InChI is InChI=1S/C25H23N3O4/c1-16-7-10-20(11-8-16)24(29)27-23(15-19-5-4-6-22(14-19)28(31)32)25(30)26-21-12-9-17(2)18(3)13-21/h4-15H,1-3H3,(H,26,30)(H,27,29). The smallest absolute Gasteiger partial charge is 0.272 e. The monoisotopic (exact) mass is 429 g/mol. The number of hydrogen-bond acceptors (Lipinski definition) is 4. The van der Waals surface area contributed by atoms with Crippen LogP contribution in [0.15, 0.2) is 72.4 Å². The minimum absolute atomic E-state index is 0.0331. The van der Waals surface area contributed by atoms with Gasteiger partial charge in [0, 0.05) is 23.4 Å². The van der Waals surface area contributed by atoms with E-state index in [1.807, 2.05) is 32.9 Å². The summed E-state index contributed by atoms with van der Waals surface area (Å²) in [7, 11) is 0. The Bertz CT molecular complexity index is 1210. The number of carbonyl (C=O) groups excluding carboxylic acids is 2. The lowest BCUT2D eigenvalue weighted by atomic mass is 10.1. The molecule has 162 valence electrons. The van der Waals surface area contributed by atoms with E-state index in [9.17, 15) is 19.7 Å². The van der Waals surface area contributed by atoms with Gasteiger partial charge in [-0.05, 0) is 67.8 Å². The van der Waals surface area contributed by atoms with Crippen molar-refractivity contribution >= 4 is 29.3 Å². The summed E-state index contributed by atoms with van der Waals surface area (Å²) in [6.07, 6.45) is 1.41. The third kappa shape index (κ3) is 5.66. The molecular formula is C25H23N3O4. The van der Waals surface area contributed by atoms with E-state index in [-0.39, 0.29) is 11.4 Å². The van der Waals surface area contributed by atoms with Crippen LogP contribution in [-0.4, -0.2) is 16.7 Å². The molecule has 0 aliphatic rings. The van der Waals surface area contributed by atoms with Crippen molar-refractivity contribution in [3.63, 3.8) is 0 Å². The second-order valence-corrected chi connectivity index (χ2v) is 7.48. The quantitative estimate of drug-likeness (QED) is 0.329. The van der Waals surface area contributed by atoms with Crippen molar-refractivity contribution in [2.75, 3.05) is 5.32 Å². The van der Waals surface area contributed by atoms with E-state index in [0.717, 1.165) is 16.7 Å². The Hall–Kier alpha value is -4.26. The highest BCUT2D eigenvalue weighted by Gasteiger charge is 2.16. The van der Waals surface area contributed by atoms with E-state index in [4.69, 9.17) is 0 Å². The molecule has 0 fully saturated rings. The lowest BCUT2D eigenvalue weighted by Gasteiger charge is -2.12. The second-order valence-electron chi connectivity index (χ2n) is 7.48. The summed E-state index contributed by atoms with van der Waals surface area (Å²) in [4.78, 5) is 36.4. The molecule has 3 aromatic carbocycles. The minimum Gasteiger partial charge on any atom is -0.321 e. The van der Waals surface area contributed by atoms with Crippen LogP contribution in [0.4, 0.5) is 11.4 Å². The van der Waals surface area contributed by atoms with E-state index in [2.05, 4.69) is 10.6 Å². The minimum atomic E-state index is -0.541. The molecule has 0 aliphatic heterocycles. The van der Waals surface area contributed by atoms with Gasteiger partial charge >= 0.3 is 0 Å². The summed E-state index contributed by atoms with van der Waals surface area (Å²) in [5.41, 5.74) is 4.33. The van der Waals surface area contributed by atoms with Crippen molar-refractivity contribution in [1.82, 2.24) is 5.32 Å². The topological polar surface area (TPSA) is 101 Å². The fourth-order valence-corrected chi connectivity index (χ4v) is 2.97. The van der Waals surface area contributed by atoms with Crippen LogP contribution in [0.5, 0.6) is 0 Å². The molecule has 0 unspecified atom stereocenters. The van der Waals surface area contributed by atoms with Gasteiger partial charge in [0.05, 0.1) is 4.92 Å². The zero-order chi connectivity index (χ0) is 23.3. The zero-order valence-corrected chi connectivity index (χ0v) is 18.0. The Balaban J connectivity index is 1.93. The van der Waals surface area contributed by atoms with E-state index in [1.54, 1.807) is 36.4 Å². The van der Waals surface area contributed by atoms with Crippen LogP contribution in [0.1, 0.15) is 32.6 Å². The van der Waals surface area contributed by atoms with Crippen LogP contribution in [0.3, 0.4) is 0 Å². The molecule has 0 heterocycles. The number of benzene rings is 3. The average molecular weight is 429 g/mol. The summed E-state index contributed by atoms with van der Waals surface area (Å²) >= 11 is 0. The first kappa shape index (κ1) is 22.4. The molecule has 0 aromatic heterocycles. The molecule has 0 bridgehead atoms. The zero-order valence-electron chi connectivity index (χ0n) is 18.0. The number of amides is 2. The van der Waals surface area contributed by atoms with Gasteiger partial charge in [-0.25, -0.2) is 0 Å². The number of non-ortho nitro benzene ring substituents is 1. The van der Waals surface area contributed by atoms with Crippen molar-refractivity contribution in [2.24, 2.45) is 0 Å². The van der Waals surface area contributed by atoms with Gasteiger partial charge in [-0.2, -0.15) is 0 Å². The molecule has 0 saturated carbocycles. The van der Waals surface area contributed by atoms with Crippen LogP contribution < -0.4 is 10.6 Å². The Morgan fingerprint density at radius 1 is 0.906 bits per heavy atom. The van der Waals surface area contributed by atoms with Gasteiger partial charge in [0.2, 0.25) is 0 Å². The maximum Gasteiger partial charge on any atom is 0.272 e. The second kappa shape index (κ2) is 9.70. The third-order valence-corrected chi connectivity index (χ3v) is 4.96. The summed E-state index contributed by atoms with van der Waals surface area (Å²) in [6.45, 7) is 5.81. The normalized spacial score (nSPS) is 11.0. The number of nitrogens with one attached hydrogen (secondary N) is 2. The summed E-state index contributed by atoms with van der Waals surface area (Å²) in [5.74, 6) is -1.00. The maximum absolute atomic E-state index is 13.0. The molecule has 0 aliphatic carbocycles. The van der Waals surface area contributed by atoms with Crippen LogP contribution >= 0.6 is 0 Å². The number of carbonyl (C=O) groups is 2. The molecule has 7 heteroatoms. The van der Waals surface area contributed by atoms with Gasteiger partial charge in [0.25, 0.3) is 17.5 Å². The number of hydrogen-bond donors (Lipinski definition) is 2. The van der Waals surface area contributed by atoms with E-state index >= 15 is 0 Å². The van der Waals surface area contributed by atoms with Crippen LogP contribution in [0.25, 0.3) is 6.08 Å². The van der Waals surface area contributed by atoms with Crippen LogP contribution in [0, 0.1) is 30.9 Å². The van der Waals surface area contributed by atoms with Crippen molar-refractivity contribution in [3.8, 4) is 0 Å². The summed E-state index contributed by atoms with van der Waals surface area (Å²) in [6, 6.07) is 18.2. The Morgan fingerprint density at radius 3 is 2.28 bits per heavy atom. The molecule has 3 rings (SSSR count). The molecule has 0 atom stereocenters. The van der Waals surface area contributed by atoms with Crippen molar-refractivity contribution in [2.45, 2.75) is 20.8 Å². The molecule has 0 radical (unpaired) electrons. The molecular weight excluding hydrogens is 406 g/mol. The molecule has 32 heavy (non-hydrogen) atoms. The van der Waals surface area contributed by atoms with Gasteiger partial charge in [0.15, 0.2) is 0 Å². The number of anilines is 1. The Kier molecular flexibility index (Phi) is 6.80.